The molecule has 1 aromatic carbocycles. The summed E-state index contributed by atoms with van der Waals surface area (Å²) in [5.74, 6) is 0. The number of rotatable bonds is 7. The Hall–Kier alpha value is -0.900. The molecular weight excluding hydrogens is 214 g/mol. The summed E-state index contributed by atoms with van der Waals surface area (Å²) in [5.41, 5.74) is 0.311. The predicted octanol–water partition coefficient (Wildman–Crippen LogP) is 2.12. The second-order valence-electron chi connectivity index (χ2n) is 4.64. The molecule has 2 unspecified atom stereocenters. The maximum Gasteiger partial charge on any atom is 0.0975 e. The van der Waals surface area contributed by atoms with Gasteiger partial charge in [0.1, 0.15) is 0 Å². The molecule has 2 N–H and O–H groups in total. The molecule has 0 aliphatic rings. The molecule has 2 atom stereocenters. The maximum absolute atomic E-state index is 10.1. The molecule has 3 heteroatoms. The van der Waals surface area contributed by atoms with Crippen molar-refractivity contribution in [2.24, 2.45) is 0 Å². The van der Waals surface area contributed by atoms with Crippen LogP contribution < -0.4 is 5.32 Å². The van der Waals surface area contributed by atoms with Gasteiger partial charge >= 0.3 is 0 Å². The van der Waals surface area contributed by atoms with E-state index in [0.29, 0.717) is 13.2 Å². The SMILES string of the molecule is CCNCC(C)(O)COC(C)c1ccccc1. The number of benzene rings is 1. The van der Waals surface area contributed by atoms with E-state index >= 15 is 0 Å². The fourth-order valence-corrected chi connectivity index (χ4v) is 1.57. The minimum absolute atomic E-state index is 0.00398. The maximum atomic E-state index is 10.1. The summed E-state index contributed by atoms with van der Waals surface area (Å²) in [4.78, 5) is 0. The zero-order valence-corrected chi connectivity index (χ0v) is 10.9. The van der Waals surface area contributed by atoms with Crippen molar-refractivity contribution < 1.29 is 9.84 Å². The Balaban J connectivity index is 2.40. The van der Waals surface area contributed by atoms with Crippen LogP contribution in [0.25, 0.3) is 0 Å². The highest BCUT2D eigenvalue weighted by Gasteiger charge is 2.21. The number of hydrogen-bond acceptors (Lipinski definition) is 3. The van der Waals surface area contributed by atoms with E-state index in [9.17, 15) is 5.11 Å². The van der Waals surface area contributed by atoms with Crippen molar-refractivity contribution in [3.05, 3.63) is 35.9 Å². The van der Waals surface area contributed by atoms with Gasteiger partial charge in [0.25, 0.3) is 0 Å². The lowest BCUT2D eigenvalue weighted by Gasteiger charge is -2.25. The highest BCUT2D eigenvalue weighted by atomic mass is 16.5. The van der Waals surface area contributed by atoms with E-state index in [4.69, 9.17) is 4.74 Å². The lowest BCUT2D eigenvalue weighted by molar-refractivity contribution is -0.0576. The number of hydrogen-bond donors (Lipinski definition) is 2. The summed E-state index contributed by atoms with van der Waals surface area (Å²) >= 11 is 0. The van der Waals surface area contributed by atoms with E-state index in [1.807, 2.05) is 44.2 Å². The van der Waals surface area contributed by atoms with Gasteiger partial charge in [0.05, 0.1) is 18.3 Å². The van der Waals surface area contributed by atoms with E-state index in [2.05, 4.69) is 5.32 Å². The molecule has 0 aliphatic heterocycles. The van der Waals surface area contributed by atoms with Crippen molar-refractivity contribution in [1.82, 2.24) is 5.32 Å². The Morgan fingerprint density at radius 1 is 1.35 bits per heavy atom. The van der Waals surface area contributed by atoms with Gasteiger partial charge in [-0.15, -0.1) is 0 Å². The van der Waals surface area contributed by atoms with Gasteiger partial charge in [0.2, 0.25) is 0 Å². The van der Waals surface area contributed by atoms with Crippen LogP contribution in [-0.4, -0.2) is 30.4 Å². The normalized spacial score (nSPS) is 16.5. The predicted molar refractivity (Wildman–Crippen MR) is 70.0 cm³/mol. The summed E-state index contributed by atoms with van der Waals surface area (Å²) in [6, 6.07) is 10.0. The molecule has 0 aromatic heterocycles. The monoisotopic (exact) mass is 237 g/mol. The largest absolute Gasteiger partial charge is 0.386 e. The molecule has 0 fully saturated rings. The van der Waals surface area contributed by atoms with Gasteiger partial charge in [-0.2, -0.15) is 0 Å². The van der Waals surface area contributed by atoms with Crippen LogP contribution in [0.2, 0.25) is 0 Å². The van der Waals surface area contributed by atoms with Crippen molar-refractivity contribution in [3.63, 3.8) is 0 Å². The zero-order chi connectivity index (χ0) is 12.7. The molecule has 0 amide bonds. The molecule has 0 heterocycles. The zero-order valence-electron chi connectivity index (χ0n) is 10.9. The minimum Gasteiger partial charge on any atom is -0.386 e. The molecule has 0 saturated carbocycles. The fraction of sp³-hybridized carbons (Fsp3) is 0.571. The number of likely N-dealkylation sites (N-methyl/N-ethyl adjacent to an activating group) is 1. The van der Waals surface area contributed by atoms with Crippen molar-refractivity contribution in [3.8, 4) is 0 Å². The average molecular weight is 237 g/mol. The Morgan fingerprint density at radius 2 is 2.00 bits per heavy atom. The molecule has 0 radical (unpaired) electrons. The summed E-state index contributed by atoms with van der Waals surface area (Å²) < 4.78 is 5.70. The highest BCUT2D eigenvalue weighted by molar-refractivity contribution is 5.16. The first-order chi connectivity index (χ1) is 8.05. The van der Waals surface area contributed by atoms with Crippen LogP contribution in [0.1, 0.15) is 32.4 Å². The molecule has 3 nitrogen and oxygen atoms in total. The summed E-state index contributed by atoms with van der Waals surface area (Å²) in [5, 5.41) is 13.2. The molecular formula is C14H23NO2. The van der Waals surface area contributed by atoms with Gasteiger partial charge in [0.15, 0.2) is 0 Å². The Labute approximate surface area is 104 Å². The van der Waals surface area contributed by atoms with Crippen LogP contribution in [0.5, 0.6) is 0 Å². The molecule has 0 spiro atoms. The first kappa shape index (κ1) is 14.2. The lowest BCUT2D eigenvalue weighted by Crippen LogP contribution is -2.42. The van der Waals surface area contributed by atoms with E-state index in [1.54, 1.807) is 6.92 Å². The first-order valence-electron chi connectivity index (χ1n) is 6.15. The van der Waals surface area contributed by atoms with Gasteiger partial charge in [-0.1, -0.05) is 37.3 Å². The number of nitrogens with one attached hydrogen (secondary N) is 1. The lowest BCUT2D eigenvalue weighted by atomic mass is 10.1. The van der Waals surface area contributed by atoms with Gasteiger partial charge in [-0.3, -0.25) is 0 Å². The van der Waals surface area contributed by atoms with Crippen LogP contribution in [0.3, 0.4) is 0 Å². The van der Waals surface area contributed by atoms with Crippen LogP contribution in [0.15, 0.2) is 30.3 Å². The molecule has 1 aromatic rings. The minimum atomic E-state index is -0.820. The third-order valence-corrected chi connectivity index (χ3v) is 2.67. The van der Waals surface area contributed by atoms with Gasteiger partial charge < -0.3 is 15.2 Å². The second-order valence-corrected chi connectivity index (χ2v) is 4.64. The van der Waals surface area contributed by atoms with E-state index in [0.717, 1.165) is 12.1 Å². The van der Waals surface area contributed by atoms with Gasteiger partial charge in [0, 0.05) is 6.54 Å². The number of ether oxygens (including phenoxy) is 1. The first-order valence-corrected chi connectivity index (χ1v) is 6.15. The van der Waals surface area contributed by atoms with Crippen molar-refractivity contribution >= 4 is 0 Å². The smallest absolute Gasteiger partial charge is 0.0975 e. The molecule has 0 saturated heterocycles. The van der Waals surface area contributed by atoms with Crippen LogP contribution in [0, 0.1) is 0 Å². The van der Waals surface area contributed by atoms with Crippen molar-refractivity contribution in [1.29, 1.82) is 0 Å². The van der Waals surface area contributed by atoms with Crippen LogP contribution in [-0.2, 0) is 4.74 Å². The van der Waals surface area contributed by atoms with Crippen molar-refractivity contribution in [2.75, 3.05) is 19.7 Å². The highest BCUT2D eigenvalue weighted by Crippen LogP contribution is 2.17. The Kier molecular flexibility index (Phi) is 5.62. The van der Waals surface area contributed by atoms with Crippen LogP contribution >= 0.6 is 0 Å². The molecule has 1 rings (SSSR count). The molecule has 0 bridgehead atoms. The second kappa shape index (κ2) is 6.74. The standard InChI is InChI=1S/C14H23NO2/c1-4-15-10-14(3,16)11-17-12(2)13-8-6-5-7-9-13/h5-9,12,15-16H,4,10-11H2,1-3H3. The summed E-state index contributed by atoms with van der Waals surface area (Å²) in [6.07, 6.45) is 0.00398. The summed E-state index contributed by atoms with van der Waals surface area (Å²) in [7, 11) is 0. The average Bonchev–Trinajstić information content (AvgIpc) is 2.35. The van der Waals surface area contributed by atoms with Crippen LogP contribution in [0.4, 0.5) is 0 Å². The van der Waals surface area contributed by atoms with E-state index in [1.165, 1.54) is 0 Å². The fourth-order valence-electron chi connectivity index (χ4n) is 1.57. The summed E-state index contributed by atoms with van der Waals surface area (Å²) in [6.45, 7) is 7.53. The third-order valence-electron chi connectivity index (χ3n) is 2.67. The Bertz CT molecular complexity index is 311. The molecule has 96 valence electrons. The topological polar surface area (TPSA) is 41.5 Å². The quantitative estimate of drug-likeness (QED) is 0.763. The molecule has 0 aliphatic carbocycles. The Morgan fingerprint density at radius 3 is 2.59 bits per heavy atom. The van der Waals surface area contributed by atoms with E-state index < -0.39 is 5.60 Å². The molecule has 17 heavy (non-hydrogen) atoms. The van der Waals surface area contributed by atoms with Crippen molar-refractivity contribution in [2.45, 2.75) is 32.5 Å². The van der Waals surface area contributed by atoms with E-state index in [-0.39, 0.29) is 6.10 Å². The third kappa shape index (κ3) is 5.31. The van der Waals surface area contributed by atoms with Gasteiger partial charge in [-0.05, 0) is 26.0 Å². The number of aliphatic hydroxyl groups is 1. The van der Waals surface area contributed by atoms with Gasteiger partial charge in [-0.25, -0.2) is 0 Å².